The monoisotopic (exact) mass is 392 g/mol. The van der Waals surface area contributed by atoms with Crippen LogP contribution in [0.2, 0.25) is 0 Å². The normalized spacial score (nSPS) is 16.8. The highest BCUT2D eigenvalue weighted by Gasteiger charge is 2.22. The fourth-order valence-electron chi connectivity index (χ4n) is 2.45. The molecule has 1 amide bonds. The summed E-state index contributed by atoms with van der Waals surface area (Å²) in [6.45, 7) is 2.11. The number of sulfone groups is 1. The molecule has 11 heteroatoms. The van der Waals surface area contributed by atoms with Gasteiger partial charge in [0.05, 0.1) is 15.7 Å². The van der Waals surface area contributed by atoms with E-state index in [1.807, 2.05) is 0 Å². The van der Waals surface area contributed by atoms with Gasteiger partial charge in [0, 0.05) is 32.0 Å². The van der Waals surface area contributed by atoms with E-state index in [2.05, 4.69) is 16.0 Å². The molecule has 1 atom stereocenters. The van der Waals surface area contributed by atoms with Crippen LogP contribution < -0.4 is 16.0 Å². The van der Waals surface area contributed by atoms with Crippen LogP contribution in [-0.2, 0) is 14.6 Å². The van der Waals surface area contributed by atoms with Crippen LogP contribution in [0.15, 0.2) is 23.1 Å². The Bertz CT molecular complexity index is 735. The fourth-order valence-corrected chi connectivity index (χ4v) is 3.09. The lowest BCUT2D eigenvalue weighted by Crippen LogP contribution is -2.35. The number of anilines is 1. The first-order valence-corrected chi connectivity index (χ1v) is 9.39. The maximum atomic E-state index is 11.8. The number of halogens is 1. The molecule has 1 aromatic rings. The van der Waals surface area contributed by atoms with Crippen LogP contribution in [0.3, 0.4) is 0 Å². The van der Waals surface area contributed by atoms with Crippen LogP contribution >= 0.6 is 12.4 Å². The minimum atomic E-state index is -3.52. The molecule has 1 fully saturated rings. The van der Waals surface area contributed by atoms with Gasteiger partial charge < -0.3 is 16.0 Å². The number of rotatable bonds is 7. The van der Waals surface area contributed by atoms with Crippen LogP contribution in [0.4, 0.5) is 11.4 Å². The zero-order valence-electron chi connectivity index (χ0n) is 13.6. The molecule has 25 heavy (non-hydrogen) atoms. The molecule has 2 rings (SSSR count). The average Bonchev–Trinajstić information content (AvgIpc) is 3.04. The van der Waals surface area contributed by atoms with Crippen molar-refractivity contribution in [1.29, 1.82) is 0 Å². The molecule has 1 heterocycles. The van der Waals surface area contributed by atoms with E-state index in [9.17, 15) is 23.3 Å². The Morgan fingerprint density at radius 1 is 1.40 bits per heavy atom. The van der Waals surface area contributed by atoms with Gasteiger partial charge in [-0.1, -0.05) is 0 Å². The van der Waals surface area contributed by atoms with E-state index in [-0.39, 0.29) is 40.5 Å². The van der Waals surface area contributed by atoms with Gasteiger partial charge in [0.15, 0.2) is 9.84 Å². The maximum Gasteiger partial charge on any atom is 0.293 e. The Kier molecular flexibility index (Phi) is 7.59. The molecule has 1 aliphatic rings. The van der Waals surface area contributed by atoms with Crippen molar-refractivity contribution in [3.05, 3.63) is 28.3 Å². The van der Waals surface area contributed by atoms with Crippen LogP contribution in [0.5, 0.6) is 0 Å². The SMILES string of the molecule is CS(=O)(=O)c1ccc(NCCNC(=O)C2CCNC2)c([N+](=O)[O-])c1.Cl. The maximum absolute atomic E-state index is 11.8. The molecule has 1 aromatic carbocycles. The standard InChI is InChI=1S/C14H20N4O5S.ClH/c1-24(22,23)11-2-3-12(13(8-11)18(20)21)16-6-7-17-14(19)10-4-5-15-9-10;/h2-3,8,10,15-16H,4-7,9H2,1H3,(H,17,19);1H. The van der Waals surface area contributed by atoms with Crippen LogP contribution in [0, 0.1) is 16.0 Å². The molecule has 0 aliphatic carbocycles. The predicted molar refractivity (Wildman–Crippen MR) is 95.9 cm³/mol. The lowest BCUT2D eigenvalue weighted by atomic mass is 10.1. The van der Waals surface area contributed by atoms with Crippen molar-refractivity contribution >= 4 is 39.5 Å². The molecular formula is C14H21ClN4O5S. The summed E-state index contributed by atoms with van der Waals surface area (Å²) in [5, 5.41) is 19.8. The number of hydrogen-bond donors (Lipinski definition) is 3. The van der Waals surface area contributed by atoms with E-state index < -0.39 is 14.8 Å². The number of nitro benzene ring substituents is 1. The minimum absolute atomic E-state index is 0. The smallest absolute Gasteiger partial charge is 0.293 e. The zero-order chi connectivity index (χ0) is 17.7. The molecule has 0 spiro atoms. The second-order valence-electron chi connectivity index (χ2n) is 5.62. The second kappa shape index (κ2) is 8.97. The summed E-state index contributed by atoms with van der Waals surface area (Å²) in [5.74, 6) is -0.0721. The first-order chi connectivity index (χ1) is 11.3. The second-order valence-corrected chi connectivity index (χ2v) is 7.63. The molecule has 3 N–H and O–H groups in total. The topological polar surface area (TPSA) is 130 Å². The summed E-state index contributed by atoms with van der Waals surface area (Å²) in [6, 6.07) is 3.70. The van der Waals surface area contributed by atoms with Gasteiger partial charge in [-0.3, -0.25) is 14.9 Å². The van der Waals surface area contributed by atoms with E-state index >= 15 is 0 Å². The molecule has 1 aliphatic heterocycles. The lowest BCUT2D eigenvalue weighted by Gasteiger charge is -2.11. The van der Waals surface area contributed by atoms with Crippen molar-refractivity contribution in [3.63, 3.8) is 0 Å². The molecule has 140 valence electrons. The first kappa shape index (κ1) is 21.1. The number of nitro groups is 1. The Morgan fingerprint density at radius 3 is 2.68 bits per heavy atom. The Labute approximate surface area is 152 Å². The van der Waals surface area contributed by atoms with Gasteiger partial charge in [0.1, 0.15) is 5.69 Å². The van der Waals surface area contributed by atoms with Gasteiger partial charge >= 0.3 is 0 Å². The van der Waals surface area contributed by atoms with Gasteiger partial charge in [0.2, 0.25) is 5.91 Å². The van der Waals surface area contributed by atoms with Gasteiger partial charge in [0.25, 0.3) is 5.69 Å². The van der Waals surface area contributed by atoms with Crippen LogP contribution in [0.25, 0.3) is 0 Å². The van der Waals surface area contributed by atoms with Crippen molar-refractivity contribution in [2.75, 3.05) is 37.8 Å². The summed E-state index contributed by atoms with van der Waals surface area (Å²) in [4.78, 5) is 22.2. The van der Waals surface area contributed by atoms with Crippen LogP contribution in [-0.4, -0.2) is 51.7 Å². The van der Waals surface area contributed by atoms with E-state index in [0.29, 0.717) is 19.6 Å². The summed E-state index contributed by atoms with van der Waals surface area (Å²) in [7, 11) is -3.52. The van der Waals surface area contributed by atoms with Gasteiger partial charge in [-0.15, -0.1) is 12.4 Å². The molecule has 0 bridgehead atoms. The van der Waals surface area contributed by atoms with E-state index in [4.69, 9.17) is 0 Å². The fraction of sp³-hybridized carbons (Fsp3) is 0.500. The third-order valence-electron chi connectivity index (χ3n) is 3.76. The minimum Gasteiger partial charge on any atom is -0.378 e. The first-order valence-electron chi connectivity index (χ1n) is 7.50. The molecule has 1 saturated heterocycles. The summed E-state index contributed by atoms with van der Waals surface area (Å²) >= 11 is 0. The number of hydrogen-bond acceptors (Lipinski definition) is 7. The highest BCUT2D eigenvalue weighted by atomic mass is 35.5. The summed E-state index contributed by atoms with van der Waals surface area (Å²) in [6.07, 6.45) is 1.80. The van der Waals surface area contributed by atoms with E-state index in [1.165, 1.54) is 12.1 Å². The largest absolute Gasteiger partial charge is 0.378 e. The zero-order valence-corrected chi connectivity index (χ0v) is 15.3. The quantitative estimate of drug-likeness (QED) is 0.351. The predicted octanol–water partition coefficient (Wildman–Crippen LogP) is 0.558. The molecule has 0 radical (unpaired) electrons. The number of benzene rings is 1. The van der Waals surface area contributed by atoms with Gasteiger partial charge in [-0.25, -0.2) is 8.42 Å². The number of nitrogens with one attached hydrogen (secondary N) is 3. The van der Waals surface area contributed by atoms with Crippen molar-refractivity contribution < 1.29 is 18.1 Å². The Morgan fingerprint density at radius 2 is 2.12 bits per heavy atom. The third-order valence-corrected chi connectivity index (χ3v) is 4.88. The van der Waals surface area contributed by atoms with Crippen LogP contribution in [0.1, 0.15) is 6.42 Å². The van der Waals surface area contributed by atoms with Gasteiger partial charge in [-0.05, 0) is 25.1 Å². The molecule has 9 nitrogen and oxygen atoms in total. The third kappa shape index (κ3) is 5.83. The van der Waals surface area contributed by atoms with E-state index in [1.54, 1.807) is 0 Å². The number of amides is 1. The van der Waals surface area contributed by atoms with Crippen molar-refractivity contribution in [2.24, 2.45) is 5.92 Å². The summed E-state index contributed by atoms with van der Waals surface area (Å²) in [5.41, 5.74) is -0.103. The lowest BCUT2D eigenvalue weighted by molar-refractivity contribution is -0.384. The van der Waals surface area contributed by atoms with E-state index in [0.717, 1.165) is 25.3 Å². The summed E-state index contributed by atoms with van der Waals surface area (Å²) < 4.78 is 23.0. The number of carbonyl (C=O) groups excluding carboxylic acids is 1. The van der Waals surface area contributed by atoms with Crippen molar-refractivity contribution in [2.45, 2.75) is 11.3 Å². The number of carbonyl (C=O) groups is 1. The van der Waals surface area contributed by atoms with Crippen molar-refractivity contribution in [3.8, 4) is 0 Å². The molecule has 0 aromatic heterocycles. The highest BCUT2D eigenvalue weighted by Crippen LogP contribution is 2.27. The van der Waals surface area contributed by atoms with Crippen molar-refractivity contribution in [1.82, 2.24) is 10.6 Å². The average molecular weight is 393 g/mol. The Hall–Kier alpha value is -1.91. The Balaban J connectivity index is 0.00000312. The molecular weight excluding hydrogens is 372 g/mol. The molecule has 1 unspecified atom stereocenters. The number of nitrogens with zero attached hydrogens (tertiary/aromatic N) is 1. The van der Waals surface area contributed by atoms with Gasteiger partial charge in [-0.2, -0.15) is 0 Å². The molecule has 0 saturated carbocycles. The highest BCUT2D eigenvalue weighted by molar-refractivity contribution is 7.90.